The van der Waals surface area contributed by atoms with E-state index in [0.29, 0.717) is 24.0 Å². The Morgan fingerprint density at radius 2 is 2.11 bits per heavy atom. The van der Waals surface area contributed by atoms with Crippen molar-refractivity contribution >= 4 is 34.0 Å². The highest BCUT2D eigenvalue weighted by atomic mass is 32.1. The molecule has 2 aromatic heterocycles. The van der Waals surface area contributed by atoms with Crippen molar-refractivity contribution in [2.24, 2.45) is 5.92 Å². The predicted octanol–water partition coefficient (Wildman–Crippen LogP) is 3.76. The smallest absolute Gasteiger partial charge is 0.238 e. The van der Waals surface area contributed by atoms with E-state index in [4.69, 9.17) is 4.42 Å². The lowest BCUT2D eigenvalue weighted by molar-refractivity contribution is -0.129. The molecule has 1 fully saturated rings. The van der Waals surface area contributed by atoms with E-state index in [2.05, 4.69) is 4.98 Å². The van der Waals surface area contributed by atoms with Gasteiger partial charge in [-0.3, -0.25) is 14.5 Å². The lowest BCUT2D eigenvalue weighted by atomic mass is 10.1. The Morgan fingerprint density at radius 3 is 2.78 bits per heavy atom. The molecule has 4 rings (SSSR count). The summed E-state index contributed by atoms with van der Waals surface area (Å²) in [4.78, 5) is 33.6. The molecule has 138 valence electrons. The maximum atomic E-state index is 13.3. The quantitative estimate of drug-likeness (QED) is 0.675. The molecule has 0 bridgehead atoms. The summed E-state index contributed by atoms with van der Waals surface area (Å²) < 4.78 is 5.33. The predicted molar refractivity (Wildman–Crippen MR) is 103 cm³/mol. The van der Waals surface area contributed by atoms with Gasteiger partial charge < -0.3 is 9.32 Å². The molecule has 1 aliphatic rings. The van der Waals surface area contributed by atoms with Crippen molar-refractivity contribution in [3.05, 3.63) is 65.6 Å². The zero-order chi connectivity index (χ0) is 18.8. The molecule has 7 heteroatoms. The van der Waals surface area contributed by atoms with Crippen molar-refractivity contribution in [2.75, 3.05) is 11.4 Å². The SMILES string of the molecule is Cc1csc(N(C(=O)C2CC(=O)N(Cc3ccco3)C2)c2ccccc2)n1. The first kappa shape index (κ1) is 17.5. The second kappa shape index (κ2) is 7.36. The molecule has 1 atom stereocenters. The van der Waals surface area contributed by atoms with Gasteiger partial charge in [0.2, 0.25) is 11.8 Å². The number of hydrogen-bond acceptors (Lipinski definition) is 5. The van der Waals surface area contributed by atoms with Crippen LogP contribution in [-0.2, 0) is 16.1 Å². The number of carbonyl (C=O) groups is 2. The van der Waals surface area contributed by atoms with Gasteiger partial charge in [-0.25, -0.2) is 4.98 Å². The van der Waals surface area contributed by atoms with Gasteiger partial charge in [-0.05, 0) is 31.2 Å². The first-order chi connectivity index (χ1) is 13.1. The van der Waals surface area contributed by atoms with Crippen LogP contribution in [0.5, 0.6) is 0 Å². The maximum Gasteiger partial charge on any atom is 0.238 e. The number of nitrogens with zero attached hydrogens (tertiary/aromatic N) is 3. The summed E-state index contributed by atoms with van der Waals surface area (Å²) in [6.07, 6.45) is 1.79. The van der Waals surface area contributed by atoms with Crippen LogP contribution in [0.1, 0.15) is 17.9 Å². The Labute approximate surface area is 161 Å². The van der Waals surface area contributed by atoms with Gasteiger partial charge in [-0.1, -0.05) is 18.2 Å². The second-order valence-corrected chi connectivity index (χ2v) is 7.37. The van der Waals surface area contributed by atoms with Gasteiger partial charge in [0.15, 0.2) is 5.13 Å². The van der Waals surface area contributed by atoms with Crippen molar-refractivity contribution in [1.82, 2.24) is 9.88 Å². The number of carbonyl (C=O) groups excluding carboxylic acids is 2. The van der Waals surface area contributed by atoms with E-state index in [1.54, 1.807) is 22.1 Å². The lowest BCUT2D eigenvalue weighted by Crippen LogP contribution is -2.34. The molecule has 27 heavy (non-hydrogen) atoms. The molecule has 1 unspecified atom stereocenters. The summed E-state index contributed by atoms with van der Waals surface area (Å²) in [6.45, 7) is 2.67. The van der Waals surface area contributed by atoms with E-state index in [1.807, 2.05) is 48.7 Å². The molecule has 6 nitrogen and oxygen atoms in total. The Kier molecular flexibility index (Phi) is 4.77. The number of amides is 2. The number of likely N-dealkylation sites (tertiary alicyclic amines) is 1. The van der Waals surface area contributed by atoms with E-state index in [1.165, 1.54) is 11.3 Å². The van der Waals surface area contributed by atoms with Gasteiger partial charge >= 0.3 is 0 Å². The third-order valence-electron chi connectivity index (χ3n) is 4.52. The minimum absolute atomic E-state index is 0.0342. The van der Waals surface area contributed by atoms with Crippen LogP contribution in [0.15, 0.2) is 58.5 Å². The Morgan fingerprint density at radius 1 is 1.30 bits per heavy atom. The third-order valence-corrected chi connectivity index (χ3v) is 5.47. The summed E-state index contributed by atoms with van der Waals surface area (Å²) in [7, 11) is 0. The molecule has 2 amide bonds. The van der Waals surface area contributed by atoms with E-state index < -0.39 is 5.92 Å². The first-order valence-electron chi connectivity index (χ1n) is 8.73. The van der Waals surface area contributed by atoms with Crippen LogP contribution >= 0.6 is 11.3 Å². The number of hydrogen-bond donors (Lipinski definition) is 0. The summed E-state index contributed by atoms with van der Waals surface area (Å²) in [5.41, 5.74) is 1.62. The van der Waals surface area contributed by atoms with Crippen LogP contribution in [0.4, 0.5) is 10.8 Å². The van der Waals surface area contributed by atoms with E-state index in [0.717, 1.165) is 11.4 Å². The van der Waals surface area contributed by atoms with E-state index >= 15 is 0 Å². The van der Waals surface area contributed by atoms with Gasteiger partial charge in [-0.2, -0.15) is 0 Å². The Bertz CT molecular complexity index is 937. The van der Waals surface area contributed by atoms with Crippen molar-refractivity contribution in [3.8, 4) is 0 Å². The topological polar surface area (TPSA) is 66.7 Å². The van der Waals surface area contributed by atoms with Gasteiger partial charge in [0.1, 0.15) is 5.76 Å². The molecule has 0 saturated carbocycles. The number of anilines is 2. The van der Waals surface area contributed by atoms with Gasteiger partial charge in [-0.15, -0.1) is 11.3 Å². The standard InChI is InChI=1S/C20H19N3O3S/c1-14-13-27-20(21-14)23(16-6-3-2-4-7-16)19(25)15-10-18(24)22(11-15)12-17-8-5-9-26-17/h2-9,13,15H,10-12H2,1H3. The minimum Gasteiger partial charge on any atom is -0.467 e. The molecule has 3 heterocycles. The Balaban J connectivity index is 1.58. The van der Waals surface area contributed by atoms with Crippen LogP contribution in [-0.4, -0.2) is 28.2 Å². The largest absolute Gasteiger partial charge is 0.467 e. The molecular weight excluding hydrogens is 362 g/mol. The Hall–Kier alpha value is -2.93. The van der Waals surface area contributed by atoms with Crippen LogP contribution in [0.3, 0.4) is 0 Å². The van der Waals surface area contributed by atoms with Crippen LogP contribution in [0.2, 0.25) is 0 Å². The van der Waals surface area contributed by atoms with Gasteiger partial charge in [0, 0.05) is 18.3 Å². The monoisotopic (exact) mass is 381 g/mol. The summed E-state index contributed by atoms with van der Waals surface area (Å²) in [5, 5.41) is 2.54. The number of aryl methyl sites for hydroxylation is 1. The molecule has 0 aliphatic carbocycles. The van der Waals surface area contributed by atoms with Crippen LogP contribution in [0.25, 0.3) is 0 Å². The molecule has 3 aromatic rings. The number of furan rings is 1. The third kappa shape index (κ3) is 3.64. The van der Waals surface area contributed by atoms with Gasteiger partial charge in [0.05, 0.1) is 30.1 Å². The number of benzene rings is 1. The summed E-state index contributed by atoms with van der Waals surface area (Å²) >= 11 is 1.43. The van der Waals surface area contributed by atoms with Crippen molar-refractivity contribution in [3.63, 3.8) is 0 Å². The summed E-state index contributed by atoms with van der Waals surface area (Å²) in [6, 6.07) is 13.1. The van der Waals surface area contributed by atoms with Gasteiger partial charge in [0.25, 0.3) is 0 Å². The zero-order valence-corrected chi connectivity index (χ0v) is 15.7. The molecule has 1 aromatic carbocycles. The fourth-order valence-corrected chi connectivity index (χ4v) is 4.04. The van der Waals surface area contributed by atoms with Crippen LogP contribution < -0.4 is 4.90 Å². The fraction of sp³-hybridized carbons (Fsp3) is 0.250. The zero-order valence-electron chi connectivity index (χ0n) is 14.9. The second-order valence-electron chi connectivity index (χ2n) is 6.54. The molecule has 0 radical (unpaired) electrons. The van der Waals surface area contributed by atoms with Crippen molar-refractivity contribution in [2.45, 2.75) is 19.9 Å². The number of rotatable bonds is 5. The molecule has 1 saturated heterocycles. The maximum absolute atomic E-state index is 13.3. The van der Waals surface area contributed by atoms with Crippen molar-refractivity contribution < 1.29 is 14.0 Å². The number of thiazole rings is 1. The highest BCUT2D eigenvalue weighted by molar-refractivity contribution is 7.14. The average molecular weight is 381 g/mol. The van der Waals surface area contributed by atoms with E-state index in [9.17, 15) is 9.59 Å². The van der Waals surface area contributed by atoms with Crippen LogP contribution in [0, 0.1) is 12.8 Å². The fourth-order valence-electron chi connectivity index (χ4n) is 3.22. The van der Waals surface area contributed by atoms with E-state index in [-0.39, 0.29) is 18.2 Å². The molecule has 0 N–H and O–H groups in total. The lowest BCUT2D eigenvalue weighted by Gasteiger charge is -2.23. The first-order valence-corrected chi connectivity index (χ1v) is 9.61. The number of para-hydroxylation sites is 1. The highest BCUT2D eigenvalue weighted by Crippen LogP contribution is 2.32. The molecular formula is C20H19N3O3S. The molecule has 1 aliphatic heterocycles. The summed E-state index contributed by atoms with van der Waals surface area (Å²) in [5.74, 6) is 0.169. The normalized spacial score (nSPS) is 16.7. The number of aromatic nitrogens is 1. The average Bonchev–Trinajstić information content (AvgIpc) is 3.40. The minimum atomic E-state index is -0.406. The van der Waals surface area contributed by atoms with Crippen molar-refractivity contribution in [1.29, 1.82) is 0 Å². The molecule has 0 spiro atoms. The highest BCUT2D eigenvalue weighted by Gasteiger charge is 2.38.